The molecule has 1 aliphatic carbocycles. The molecule has 0 aromatic heterocycles. The van der Waals surface area contributed by atoms with E-state index >= 15 is 0 Å². The fourth-order valence-electron chi connectivity index (χ4n) is 1.70. The number of benzene rings is 1. The van der Waals surface area contributed by atoms with Gasteiger partial charge in [0, 0.05) is 0 Å². The number of rotatable bonds is 2. The third-order valence-electron chi connectivity index (χ3n) is 2.61. The Morgan fingerprint density at radius 2 is 2.07 bits per heavy atom. The Kier molecular flexibility index (Phi) is 4.08. The average molecular weight is 253 g/mol. The SMILES string of the molecule is Cl.NCC1CC1c1cccc(Cl)c1Cl. The van der Waals surface area contributed by atoms with Crippen LogP contribution in [0.1, 0.15) is 17.9 Å². The predicted molar refractivity (Wildman–Crippen MR) is 63.6 cm³/mol. The topological polar surface area (TPSA) is 26.0 Å². The minimum absolute atomic E-state index is 0. The molecule has 0 radical (unpaired) electrons. The van der Waals surface area contributed by atoms with E-state index in [0.29, 0.717) is 21.9 Å². The maximum Gasteiger partial charge on any atom is 0.0627 e. The van der Waals surface area contributed by atoms with E-state index in [9.17, 15) is 0 Å². The van der Waals surface area contributed by atoms with Crippen LogP contribution in [0.25, 0.3) is 0 Å². The van der Waals surface area contributed by atoms with Crippen molar-refractivity contribution < 1.29 is 0 Å². The van der Waals surface area contributed by atoms with Gasteiger partial charge in [-0.1, -0.05) is 35.3 Å². The molecule has 1 saturated carbocycles. The minimum Gasteiger partial charge on any atom is -0.330 e. The van der Waals surface area contributed by atoms with Crippen LogP contribution in [0.3, 0.4) is 0 Å². The van der Waals surface area contributed by atoms with E-state index in [-0.39, 0.29) is 12.4 Å². The Bertz CT molecular complexity index is 327. The van der Waals surface area contributed by atoms with Crippen molar-refractivity contribution in [3.8, 4) is 0 Å². The quantitative estimate of drug-likeness (QED) is 0.857. The van der Waals surface area contributed by atoms with E-state index in [1.54, 1.807) is 0 Å². The highest BCUT2D eigenvalue weighted by molar-refractivity contribution is 6.42. The van der Waals surface area contributed by atoms with Gasteiger partial charge < -0.3 is 5.73 Å². The second-order valence-corrected chi connectivity index (χ2v) is 4.27. The zero-order chi connectivity index (χ0) is 9.42. The largest absolute Gasteiger partial charge is 0.330 e. The molecule has 2 unspecified atom stereocenters. The van der Waals surface area contributed by atoms with E-state index in [4.69, 9.17) is 28.9 Å². The first-order chi connectivity index (χ1) is 6.24. The summed E-state index contributed by atoms with van der Waals surface area (Å²) < 4.78 is 0. The van der Waals surface area contributed by atoms with E-state index in [0.717, 1.165) is 18.5 Å². The first-order valence-electron chi connectivity index (χ1n) is 4.38. The third-order valence-corrected chi connectivity index (χ3v) is 3.44. The number of hydrogen-bond acceptors (Lipinski definition) is 1. The van der Waals surface area contributed by atoms with Crippen LogP contribution in [0.5, 0.6) is 0 Å². The lowest BCUT2D eigenvalue weighted by molar-refractivity contribution is 0.810. The van der Waals surface area contributed by atoms with Crippen molar-refractivity contribution in [3.63, 3.8) is 0 Å². The van der Waals surface area contributed by atoms with Gasteiger partial charge in [-0.3, -0.25) is 0 Å². The van der Waals surface area contributed by atoms with Crippen LogP contribution in [0.15, 0.2) is 18.2 Å². The Balaban J connectivity index is 0.000000980. The summed E-state index contributed by atoms with van der Waals surface area (Å²) in [6.45, 7) is 0.744. The van der Waals surface area contributed by atoms with Crippen molar-refractivity contribution >= 4 is 35.6 Å². The normalized spacial score (nSPS) is 24.2. The molecule has 0 heterocycles. The Morgan fingerprint density at radius 3 is 2.64 bits per heavy atom. The molecule has 0 aliphatic heterocycles. The minimum atomic E-state index is 0. The summed E-state index contributed by atoms with van der Waals surface area (Å²) in [5.74, 6) is 1.15. The van der Waals surface area contributed by atoms with Gasteiger partial charge in [-0.15, -0.1) is 12.4 Å². The molecule has 2 atom stereocenters. The van der Waals surface area contributed by atoms with E-state index < -0.39 is 0 Å². The molecule has 0 bridgehead atoms. The zero-order valence-corrected chi connectivity index (χ0v) is 9.87. The van der Waals surface area contributed by atoms with Gasteiger partial charge >= 0.3 is 0 Å². The highest BCUT2D eigenvalue weighted by Crippen LogP contribution is 2.49. The number of nitrogens with two attached hydrogens (primary N) is 1. The second-order valence-electron chi connectivity index (χ2n) is 3.48. The lowest BCUT2D eigenvalue weighted by atomic mass is 10.1. The summed E-state index contributed by atoms with van der Waals surface area (Å²) in [6, 6.07) is 5.79. The molecule has 1 nitrogen and oxygen atoms in total. The third kappa shape index (κ3) is 2.17. The van der Waals surface area contributed by atoms with Crippen LogP contribution in [0.2, 0.25) is 10.0 Å². The molecule has 0 saturated heterocycles. The number of hydrogen-bond donors (Lipinski definition) is 1. The summed E-state index contributed by atoms with van der Waals surface area (Å²) in [6.07, 6.45) is 1.15. The van der Waals surface area contributed by atoms with Crippen molar-refractivity contribution in [1.82, 2.24) is 0 Å². The van der Waals surface area contributed by atoms with Gasteiger partial charge in [-0.05, 0) is 36.4 Å². The fraction of sp³-hybridized carbons (Fsp3) is 0.400. The standard InChI is InChI=1S/C10H11Cl2N.ClH/c11-9-3-1-2-7(10(9)12)8-4-6(8)5-13;/h1-3,6,8H,4-5,13H2;1H. The zero-order valence-electron chi connectivity index (χ0n) is 7.54. The average Bonchev–Trinajstić information content (AvgIpc) is 2.89. The van der Waals surface area contributed by atoms with Crippen LogP contribution in [-0.4, -0.2) is 6.54 Å². The van der Waals surface area contributed by atoms with Crippen LogP contribution >= 0.6 is 35.6 Å². The van der Waals surface area contributed by atoms with Gasteiger partial charge in [0.05, 0.1) is 10.0 Å². The monoisotopic (exact) mass is 251 g/mol. The van der Waals surface area contributed by atoms with Gasteiger partial charge in [-0.2, -0.15) is 0 Å². The molecule has 1 fully saturated rings. The smallest absolute Gasteiger partial charge is 0.0627 e. The first-order valence-corrected chi connectivity index (χ1v) is 5.13. The van der Waals surface area contributed by atoms with E-state index in [2.05, 4.69) is 0 Å². The Morgan fingerprint density at radius 1 is 1.36 bits per heavy atom. The van der Waals surface area contributed by atoms with Crippen molar-refractivity contribution in [2.45, 2.75) is 12.3 Å². The summed E-state index contributed by atoms with van der Waals surface area (Å²) >= 11 is 12.0. The van der Waals surface area contributed by atoms with E-state index in [1.807, 2.05) is 18.2 Å². The molecule has 0 amide bonds. The Labute approximate surface area is 100.0 Å². The summed E-state index contributed by atoms with van der Waals surface area (Å²) in [5.41, 5.74) is 6.73. The van der Waals surface area contributed by atoms with Gasteiger partial charge in [0.1, 0.15) is 0 Å². The molecule has 1 aromatic rings. The van der Waals surface area contributed by atoms with Crippen LogP contribution < -0.4 is 5.73 Å². The highest BCUT2D eigenvalue weighted by Gasteiger charge is 2.38. The molecular weight excluding hydrogens is 240 g/mol. The molecular formula is C10H12Cl3N. The second kappa shape index (κ2) is 4.71. The molecule has 14 heavy (non-hydrogen) atoms. The molecule has 1 aromatic carbocycles. The summed E-state index contributed by atoms with van der Waals surface area (Å²) in [7, 11) is 0. The van der Waals surface area contributed by atoms with Crippen LogP contribution in [0, 0.1) is 5.92 Å². The lowest BCUT2D eigenvalue weighted by Crippen LogP contribution is -2.02. The predicted octanol–water partition coefficient (Wildman–Crippen LogP) is 3.48. The molecule has 1 aliphatic rings. The number of halogens is 3. The van der Waals surface area contributed by atoms with Crippen molar-refractivity contribution in [1.29, 1.82) is 0 Å². The molecule has 0 spiro atoms. The molecule has 2 rings (SSSR count). The first kappa shape index (κ1) is 12.1. The fourth-order valence-corrected chi connectivity index (χ4v) is 2.14. The van der Waals surface area contributed by atoms with Crippen LogP contribution in [-0.2, 0) is 0 Å². The maximum atomic E-state index is 6.08. The van der Waals surface area contributed by atoms with Gasteiger partial charge in [0.15, 0.2) is 0 Å². The van der Waals surface area contributed by atoms with Gasteiger partial charge in [0.25, 0.3) is 0 Å². The molecule has 4 heteroatoms. The molecule has 2 N–H and O–H groups in total. The van der Waals surface area contributed by atoms with E-state index in [1.165, 1.54) is 0 Å². The van der Waals surface area contributed by atoms with Crippen molar-refractivity contribution in [3.05, 3.63) is 33.8 Å². The molecule has 78 valence electrons. The van der Waals surface area contributed by atoms with Gasteiger partial charge in [0.2, 0.25) is 0 Å². The van der Waals surface area contributed by atoms with Crippen molar-refractivity contribution in [2.75, 3.05) is 6.54 Å². The van der Waals surface area contributed by atoms with Crippen molar-refractivity contribution in [2.24, 2.45) is 11.7 Å². The van der Waals surface area contributed by atoms with Crippen LogP contribution in [0.4, 0.5) is 0 Å². The summed E-state index contributed by atoms with van der Waals surface area (Å²) in [4.78, 5) is 0. The Hall–Kier alpha value is 0.0500. The maximum absolute atomic E-state index is 6.08. The highest BCUT2D eigenvalue weighted by atomic mass is 35.5. The van der Waals surface area contributed by atoms with Gasteiger partial charge in [-0.25, -0.2) is 0 Å². The lowest BCUT2D eigenvalue weighted by Gasteiger charge is -2.03. The summed E-state index contributed by atoms with van der Waals surface area (Å²) in [5, 5.41) is 1.34.